The van der Waals surface area contributed by atoms with Gasteiger partial charge < -0.3 is 31.2 Å². The Kier molecular flexibility index (Phi) is 12.0. The molecule has 0 heterocycles. The molecule has 0 fully saturated rings. The zero-order valence-corrected chi connectivity index (χ0v) is 19.1. The largest absolute Gasteiger partial charge is 0.376 e. The van der Waals surface area contributed by atoms with Gasteiger partial charge in [0.05, 0.1) is 18.6 Å². The number of aliphatic hydroxyl groups excluding tert-OH is 1. The maximum Gasteiger partial charge on any atom is 0.314 e. The predicted molar refractivity (Wildman–Crippen MR) is 121 cm³/mol. The van der Waals surface area contributed by atoms with Gasteiger partial charge in [-0.05, 0) is 31.2 Å². The van der Waals surface area contributed by atoms with Crippen LogP contribution in [0.4, 0.5) is 4.79 Å². The minimum absolute atomic E-state index is 0.230. The molecule has 0 bridgehead atoms. The highest BCUT2D eigenvalue weighted by Crippen LogP contribution is 2.06. The first-order valence-electron chi connectivity index (χ1n) is 10.6. The van der Waals surface area contributed by atoms with E-state index < -0.39 is 42.2 Å². The van der Waals surface area contributed by atoms with Crippen LogP contribution < -0.4 is 26.6 Å². The number of nitrogens with one attached hydrogen (secondary N) is 5. The van der Waals surface area contributed by atoms with Crippen LogP contribution in [0.1, 0.15) is 32.8 Å². The Hall–Kier alpha value is -2.98. The maximum atomic E-state index is 12.2. The van der Waals surface area contributed by atoms with E-state index in [2.05, 4.69) is 26.6 Å². The van der Waals surface area contributed by atoms with E-state index in [1.165, 1.54) is 14.0 Å². The van der Waals surface area contributed by atoms with Gasteiger partial charge in [-0.1, -0.05) is 44.2 Å². The van der Waals surface area contributed by atoms with Gasteiger partial charge in [-0.15, -0.1) is 0 Å². The van der Waals surface area contributed by atoms with Crippen molar-refractivity contribution in [3.63, 3.8) is 0 Å². The van der Waals surface area contributed by atoms with Crippen LogP contribution in [0.3, 0.4) is 0 Å². The molecular formula is C22H35N5O5. The third kappa shape index (κ3) is 10.4. The molecule has 0 aliphatic heterocycles. The van der Waals surface area contributed by atoms with Gasteiger partial charge in [-0.25, -0.2) is 4.79 Å². The molecule has 0 aliphatic carbocycles. The molecule has 0 spiro atoms. The van der Waals surface area contributed by atoms with Gasteiger partial charge in [0.2, 0.25) is 11.8 Å². The second-order valence-corrected chi connectivity index (χ2v) is 8.02. The monoisotopic (exact) mass is 449 g/mol. The van der Waals surface area contributed by atoms with E-state index in [0.29, 0.717) is 19.1 Å². The summed E-state index contributed by atoms with van der Waals surface area (Å²) in [6, 6.07) is 6.65. The average molecular weight is 450 g/mol. The van der Waals surface area contributed by atoms with Crippen molar-refractivity contribution in [2.24, 2.45) is 5.92 Å². The van der Waals surface area contributed by atoms with Crippen molar-refractivity contribution in [1.82, 2.24) is 26.6 Å². The van der Waals surface area contributed by atoms with Crippen LogP contribution in [-0.4, -0.2) is 67.2 Å². The molecule has 1 aromatic carbocycles. The predicted octanol–water partition coefficient (Wildman–Crippen LogP) is -0.331. The first-order valence-corrected chi connectivity index (χ1v) is 10.6. The Morgan fingerprint density at radius 3 is 2.25 bits per heavy atom. The van der Waals surface area contributed by atoms with Crippen molar-refractivity contribution >= 4 is 24.1 Å². The standard InChI is InChI=1S/C22H35N5O5/c1-14(2)10-17(13-28)26-20(30)15(3)25-19(29)12-24-21(31)18(27-22(32)23-4)11-16-8-6-5-7-9-16/h5-9,13-15,17-18,21,24,31H,10-12H2,1-4H3,(H,25,29)(H,26,30)(H2,23,27,32)/t15-,17-,18-,21?/m0/s1. The highest BCUT2D eigenvalue weighted by molar-refractivity contribution is 5.89. The summed E-state index contributed by atoms with van der Waals surface area (Å²) in [6.45, 7) is 5.11. The van der Waals surface area contributed by atoms with Crippen molar-refractivity contribution in [2.45, 2.75) is 58.0 Å². The number of aldehydes is 1. The summed E-state index contributed by atoms with van der Waals surface area (Å²) in [6.07, 6.45) is 0.306. The van der Waals surface area contributed by atoms with Gasteiger partial charge in [0.15, 0.2) is 0 Å². The van der Waals surface area contributed by atoms with Crippen LogP contribution in [0.2, 0.25) is 0 Å². The van der Waals surface area contributed by atoms with Crippen molar-refractivity contribution < 1.29 is 24.3 Å². The highest BCUT2D eigenvalue weighted by atomic mass is 16.3. The Morgan fingerprint density at radius 2 is 1.69 bits per heavy atom. The van der Waals surface area contributed by atoms with Crippen LogP contribution >= 0.6 is 0 Å². The van der Waals surface area contributed by atoms with Gasteiger partial charge in [0, 0.05) is 7.05 Å². The lowest BCUT2D eigenvalue weighted by Gasteiger charge is -2.25. The lowest BCUT2D eigenvalue weighted by Crippen LogP contribution is -2.55. The fraction of sp³-hybridized carbons (Fsp3) is 0.545. The molecule has 1 aromatic rings. The Labute approximate surface area is 188 Å². The van der Waals surface area contributed by atoms with Crippen LogP contribution in [-0.2, 0) is 20.8 Å². The second kappa shape index (κ2) is 14.2. The number of urea groups is 1. The molecule has 6 N–H and O–H groups in total. The van der Waals surface area contributed by atoms with E-state index >= 15 is 0 Å². The molecule has 0 aliphatic rings. The van der Waals surface area contributed by atoms with Gasteiger partial charge in [0.1, 0.15) is 18.6 Å². The highest BCUT2D eigenvalue weighted by Gasteiger charge is 2.23. The number of hydrogen-bond donors (Lipinski definition) is 6. The molecule has 0 radical (unpaired) electrons. The topological polar surface area (TPSA) is 149 Å². The first-order chi connectivity index (χ1) is 15.2. The molecular weight excluding hydrogens is 414 g/mol. The van der Waals surface area contributed by atoms with Gasteiger partial charge in [-0.2, -0.15) is 0 Å². The quantitative estimate of drug-likeness (QED) is 0.179. The molecule has 32 heavy (non-hydrogen) atoms. The smallest absolute Gasteiger partial charge is 0.314 e. The number of benzene rings is 1. The van der Waals surface area contributed by atoms with Gasteiger partial charge in [0.25, 0.3) is 0 Å². The zero-order valence-electron chi connectivity index (χ0n) is 19.1. The number of aliphatic hydroxyl groups is 1. The summed E-state index contributed by atoms with van der Waals surface area (Å²) in [5.41, 5.74) is 0.899. The van der Waals surface area contributed by atoms with E-state index in [-0.39, 0.29) is 12.5 Å². The molecule has 10 heteroatoms. The number of carbonyl (C=O) groups excluding carboxylic acids is 4. The Balaban J connectivity index is 2.58. The maximum absolute atomic E-state index is 12.2. The van der Waals surface area contributed by atoms with Crippen molar-refractivity contribution in [3.8, 4) is 0 Å². The molecule has 1 rings (SSSR count). The average Bonchev–Trinajstić information content (AvgIpc) is 2.76. The van der Waals surface area contributed by atoms with Crippen molar-refractivity contribution in [3.05, 3.63) is 35.9 Å². The summed E-state index contributed by atoms with van der Waals surface area (Å²) in [4.78, 5) is 47.3. The van der Waals surface area contributed by atoms with Crippen LogP contribution in [0.15, 0.2) is 30.3 Å². The molecule has 1 unspecified atom stereocenters. The number of amides is 4. The molecule has 4 amide bonds. The number of hydrogen-bond acceptors (Lipinski definition) is 6. The van der Waals surface area contributed by atoms with Crippen molar-refractivity contribution in [2.75, 3.05) is 13.6 Å². The summed E-state index contributed by atoms with van der Waals surface area (Å²) < 4.78 is 0. The number of rotatable bonds is 13. The minimum atomic E-state index is -1.21. The SMILES string of the molecule is CNC(=O)N[C@@H](Cc1ccccc1)C(O)NCC(=O)N[C@@H](C)C(=O)N[C@H](C=O)CC(C)C. The molecule has 10 nitrogen and oxygen atoms in total. The van der Waals surface area contributed by atoms with Gasteiger partial charge in [-0.3, -0.25) is 14.9 Å². The molecule has 0 saturated carbocycles. The first kappa shape index (κ1) is 27.1. The van der Waals surface area contributed by atoms with E-state index in [9.17, 15) is 24.3 Å². The summed E-state index contributed by atoms with van der Waals surface area (Å²) in [5, 5.41) is 23.4. The van der Waals surface area contributed by atoms with E-state index in [4.69, 9.17) is 0 Å². The normalized spacial score (nSPS) is 14.6. The van der Waals surface area contributed by atoms with Crippen LogP contribution in [0, 0.1) is 5.92 Å². The lowest BCUT2D eigenvalue weighted by atomic mass is 10.0. The second-order valence-electron chi connectivity index (χ2n) is 8.02. The van der Waals surface area contributed by atoms with E-state index in [1.807, 2.05) is 44.2 Å². The summed E-state index contributed by atoms with van der Waals surface area (Å²) in [7, 11) is 1.46. The summed E-state index contributed by atoms with van der Waals surface area (Å²) in [5.74, 6) is -0.759. The lowest BCUT2D eigenvalue weighted by molar-refractivity contribution is -0.129. The van der Waals surface area contributed by atoms with Crippen LogP contribution in [0.25, 0.3) is 0 Å². The fourth-order valence-electron chi connectivity index (χ4n) is 3.01. The number of carbonyl (C=O) groups is 4. The molecule has 4 atom stereocenters. The fourth-order valence-corrected chi connectivity index (χ4v) is 3.01. The third-order valence-corrected chi connectivity index (χ3v) is 4.68. The van der Waals surface area contributed by atoms with E-state index in [0.717, 1.165) is 5.56 Å². The molecule has 178 valence electrons. The minimum Gasteiger partial charge on any atom is -0.376 e. The van der Waals surface area contributed by atoms with E-state index in [1.54, 1.807) is 0 Å². The Morgan fingerprint density at radius 1 is 1.03 bits per heavy atom. The van der Waals surface area contributed by atoms with Crippen molar-refractivity contribution in [1.29, 1.82) is 0 Å². The molecule has 0 saturated heterocycles. The third-order valence-electron chi connectivity index (χ3n) is 4.68. The summed E-state index contributed by atoms with van der Waals surface area (Å²) >= 11 is 0. The zero-order chi connectivity index (χ0) is 24.1. The van der Waals surface area contributed by atoms with Crippen LogP contribution in [0.5, 0.6) is 0 Å². The molecule has 0 aromatic heterocycles. The van der Waals surface area contributed by atoms with Gasteiger partial charge >= 0.3 is 6.03 Å². The Bertz CT molecular complexity index is 743.